The van der Waals surface area contributed by atoms with Gasteiger partial charge in [0.05, 0.1) is 0 Å². The second-order valence-corrected chi connectivity index (χ2v) is 8.34. The number of amides is 1. The van der Waals surface area contributed by atoms with Crippen LogP contribution in [0.5, 0.6) is 5.75 Å². The fourth-order valence-electron chi connectivity index (χ4n) is 4.70. The fourth-order valence-corrected chi connectivity index (χ4v) is 4.70. The average Bonchev–Trinajstić information content (AvgIpc) is 2.72. The highest BCUT2D eigenvalue weighted by Gasteiger charge is 2.39. The van der Waals surface area contributed by atoms with Crippen molar-refractivity contribution in [1.29, 1.82) is 0 Å². The summed E-state index contributed by atoms with van der Waals surface area (Å²) >= 11 is 0. The van der Waals surface area contributed by atoms with Crippen LogP contribution in [-0.4, -0.2) is 43.2 Å². The topological polar surface area (TPSA) is 69.0 Å². The number of carbonyl (C=O) groups is 1. The maximum absolute atomic E-state index is 13.0. The van der Waals surface area contributed by atoms with E-state index in [-0.39, 0.29) is 16.9 Å². The predicted molar refractivity (Wildman–Crippen MR) is 110 cm³/mol. The van der Waals surface area contributed by atoms with Crippen molar-refractivity contribution >= 4 is 16.9 Å². The monoisotopic (exact) mass is 399 g/mol. The Balaban J connectivity index is 1.47. The Bertz CT molecular complexity index is 938. The number of aryl methyl sites for hydroxylation is 1. The van der Waals surface area contributed by atoms with Gasteiger partial charge in [0, 0.05) is 43.8 Å². The molecule has 2 fully saturated rings. The number of hydrogen-bond acceptors (Lipinski definition) is 5. The van der Waals surface area contributed by atoms with Gasteiger partial charge >= 0.3 is 5.63 Å². The van der Waals surface area contributed by atoms with Crippen molar-refractivity contribution in [1.82, 2.24) is 4.90 Å². The lowest BCUT2D eigenvalue weighted by Gasteiger charge is -2.45. The number of rotatable bonds is 4. The molecule has 1 amide bonds. The van der Waals surface area contributed by atoms with Crippen LogP contribution in [0.1, 0.15) is 45.1 Å². The minimum absolute atomic E-state index is 0.0134. The van der Waals surface area contributed by atoms with Gasteiger partial charge in [-0.15, -0.1) is 0 Å². The molecule has 0 aliphatic carbocycles. The zero-order chi connectivity index (χ0) is 20.4. The summed E-state index contributed by atoms with van der Waals surface area (Å²) in [5.74, 6) is 0.548. The van der Waals surface area contributed by atoms with E-state index in [1.807, 2.05) is 24.0 Å². The first kappa shape index (κ1) is 20.0. The van der Waals surface area contributed by atoms with Gasteiger partial charge in [0.1, 0.15) is 11.3 Å². The first-order chi connectivity index (χ1) is 14.0. The van der Waals surface area contributed by atoms with Crippen molar-refractivity contribution in [2.45, 2.75) is 52.1 Å². The van der Waals surface area contributed by atoms with Gasteiger partial charge in [-0.2, -0.15) is 0 Å². The summed E-state index contributed by atoms with van der Waals surface area (Å²) in [5, 5.41) is 0.899. The number of hydrogen-bond donors (Lipinski definition) is 0. The lowest BCUT2D eigenvalue weighted by Crippen LogP contribution is -2.51. The number of nitrogens with zero attached hydrogens (tertiary/aromatic N) is 1. The standard InChI is InChI=1S/C23H29NO5/c1-3-17-13-21(25)29-20-14-18(5-6-19(17)20)28-16(2)22(26)24-10-4-7-23(15-24)8-11-27-12-9-23/h5-6,13-14,16H,3-4,7-12,15H2,1-2H3. The van der Waals surface area contributed by atoms with Crippen LogP contribution in [0.3, 0.4) is 0 Å². The Morgan fingerprint density at radius 3 is 2.79 bits per heavy atom. The highest BCUT2D eigenvalue weighted by Crippen LogP contribution is 2.39. The van der Waals surface area contributed by atoms with Crippen LogP contribution in [0.25, 0.3) is 11.0 Å². The summed E-state index contributed by atoms with van der Waals surface area (Å²) in [6, 6.07) is 6.95. The molecule has 0 bridgehead atoms. The minimum Gasteiger partial charge on any atom is -0.481 e. The third-order valence-corrected chi connectivity index (χ3v) is 6.37. The Hall–Kier alpha value is -2.34. The van der Waals surface area contributed by atoms with Gasteiger partial charge in [-0.3, -0.25) is 4.79 Å². The van der Waals surface area contributed by atoms with Crippen LogP contribution in [-0.2, 0) is 16.0 Å². The van der Waals surface area contributed by atoms with Gasteiger partial charge in [-0.25, -0.2) is 4.79 Å². The zero-order valence-electron chi connectivity index (χ0n) is 17.2. The van der Waals surface area contributed by atoms with Crippen LogP contribution in [0.15, 0.2) is 33.5 Å². The van der Waals surface area contributed by atoms with E-state index in [9.17, 15) is 9.59 Å². The number of fused-ring (bicyclic) bond motifs is 1. The molecule has 29 heavy (non-hydrogen) atoms. The summed E-state index contributed by atoms with van der Waals surface area (Å²) in [6.45, 7) is 6.93. The Morgan fingerprint density at radius 2 is 2.03 bits per heavy atom. The molecule has 1 unspecified atom stereocenters. The molecule has 2 aliphatic heterocycles. The van der Waals surface area contributed by atoms with Gasteiger partial charge in [-0.1, -0.05) is 6.92 Å². The van der Waals surface area contributed by atoms with Crippen LogP contribution in [0.4, 0.5) is 0 Å². The van der Waals surface area contributed by atoms with Crippen molar-refractivity contribution in [2.24, 2.45) is 5.41 Å². The summed E-state index contributed by atoms with van der Waals surface area (Å²) in [6.07, 6.45) is 4.39. The molecule has 1 spiro atoms. The van der Waals surface area contributed by atoms with E-state index < -0.39 is 6.10 Å². The van der Waals surface area contributed by atoms with Gasteiger partial charge in [0.2, 0.25) is 0 Å². The molecule has 6 heteroatoms. The van der Waals surface area contributed by atoms with Gasteiger partial charge in [-0.05, 0) is 62.1 Å². The van der Waals surface area contributed by atoms with E-state index in [2.05, 4.69) is 0 Å². The second-order valence-electron chi connectivity index (χ2n) is 8.34. The highest BCUT2D eigenvalue weighted by molar-refractivity contribution is 5.83. The van der Waals surface area contributed by atoms with E-state index >= 15 is 0 Å². The minimum atomic E-state index is -0.594. The highest BCUT2D eigenvalue weighted by atomic mass is 16.5. The summed E-state index contributed by atoms with van der Waals surface area (Å²) in [4.78, 5) is 26.8. The molecular formula is C23H29NO5. The Labute approximate surface area is 170 Å². The summed E-state index contributed by atoms with van der Waals surface area (Å²) in [7, 11) is 0. The van der Waals surface area contributed by atoms with Crippen LogP contribution < -0.4 is 10.4 Å². The molecule has 4 rings (SSSR count). The molecule has 2 aromatic rings. The van der Waals surface area contributed by atoms with E-state index in [1.54, 1.807) is 13.0 Å². The van der Waals surface area contributed by atoms with Crippen molar-refractivity contribution in [3.8, 4) is 5.75 Å². The van der Waals surface area contributed by atoms with Gasteiger partial charge in [0.15, 0.2) is 6.10 Å². The maximum atomic E-state index is 13.0. The van der Waals surface area contributed by atoms with Crippen LogP contribution >= 0.6 is 0 Å². The van der Waals surface area contributed by atoms with Gasteiger partial charge in [0.25, 0.3) is 5.91 Å². The number of benzene rings is 1. The fraction of sp³-hybridized carbons (Fsp3) is 0.565. The van der Waals surface area contributed by atoms with Crippen molar-refractivity contribution < 1.29 is 18.7 Å². The molecule has 156 valence electrons. The first-order valence-electron chi connectivity index (χ1n) is 10.6. The SMILES string of the molecule is CCc1cc(=O)oc2cc(OC(C)C(=O)N3CCCC4(CCOCC4)C3)ccc12. The predicted octanol–water partition coefficient (Wildman–Crippen LogP) is 3.54. The van der Waals surface area contributed by atoms with E-state index in [0.29, 0.717) is 11.3 Å². The lowest BCUT2D eigenvalue weighted by molar-refractivity contribution is -0.143. The second kappa shape index (κ2) is 8.19. The zero-order valence-corrected chi connectivity index (χ0v) is 17.2. The Morgan fingerprint density at radius 1 is 1.24 bits per heavy atom. The molecule has 0 saturated carbocycles. The van der Waals surface area contributed by atoms with Gasteiger partial charge < -0.3 is 18.8 Å². The molecular weight excluding hydrogens is 370 g/mol. The molecule has 3 heterocycles. The average molecular weight is 399 g/mol. The third kappa shape index (κ3) is 4.17. The van der Waals surface area contributed by atoms with E-state index in [4.69, 9.17) is 13.9 Å². The number of likely N-dealkylation sites (tertiary alicyclic amines) is 1. The van der Waals surface area contributed by atoms with E-state index in [0.717, 1.165) is 62.9 Å². The molecule has 1 atom stereocenters. The number of carbonyl (C=O) groups excluding carboxylic acids is 1. The number of piperidine rings is 1. The van der Waals surface area contributed by atoms with Crippen molar-refractivity contribution in [3.63, 3.8) is 0 Å². The van der Waals surface area contributed by atoms with Crippen molar-refractivity contribution in [2.75, 3.05) is 26.3 Å². The molecule has 6 nitrogen and oxygen atoms in total. The summed E-state index contributed by atoms with van der Waals surface area (Å²) in [5.41, 5.74) is 1.27. The summed E-state index contributed by atoms with van der Waals surface area (Å²) < 4.78 is 16.8. The van der Waals surface area contributed by atoms with E-state index in [1.165, 1.54) is 12.5 Å². The molecule has 1 aromatic carbocycles. The molecule has 0 N–H and O–H groups in total. The van der Waals surface area contributed by atoms with Crippen LogP contribution in [0.2, 0.25) is 0 Å². The number of ether oxygens (including phenoxy) is 2. The lowest BCUT2D eigenvalue weighted by atomic mass is 9.74. The third-order valence-electron chi connectivity index (χ3n) is 6.37. The first-order valence-corrected chi connectivity index (χ1v) is 10.6. The molecule has 2 aliphatic rings. The Kier molecular flexibility index (Phi) is 5.63. The largest absolute Gasteiger partial charge is 0.481 e. The quantitative estimate of drug-likeness (QED) is 0.736. The normalized spacial score (nSPS) is 20.0. The van der Waals surface area contributed by atoms with Crippen molar-refractivity contribution in [3.05, 3.63) is 40.2 Å². The molecule has 2 saturated heterocycles. The molecule has 1 aromatic heterocycles. The molecule has 0 radical (unpaired) electrons. The maximum Gasteiger partial charge on any atom is 0.336 e. The van der Waals surface area contributed by atoms with Crippen LogP contribution in [0, 0.1) is 5.41 Å². The smallest absolute Gasteiger partial charge is 0.336 e.